The summed E-state index contributed by atoms with van der Waals surface area (Å²) in [5, 5.41) is 6.55. The third-order valence-corrected chi connectivity index (χ3v) is 3.14. The number of guanidine groups is 1. The van der Waals surface area contributed by atoms with Gasteiger partial charge >= 0.3 is 0 Å². The van der Waals surface area contributed by atoms with E-state index in [0.29, 0.717) is 13.2 Å². The Morgan fingerprint density at radius 2 is 2.23 bits per heavy atom. The van der Waals surface area contributed by atoms with E-state index < -0.39 is 0 Å². The van der Waals surface area contributed by atoms with Crippen molar-refractivity contribution in [3.05, 3.63) is 36.3 Å². The van der Waals surface area contributed by atoms with Crippen LogP contribution in [-0.2, 0) is 11.2 Å². The van der Waals surface area contributed by atoms with Gasteiger partial charge in [0.05, 0.1) is 18.8 Å². The van der Waals surface area contributed by atoms with Gasteiger partial charge in [-0.25, -0.2) is 4.98 Å². The van der Waals surface area contributed by atoms with E-state index in [2.05, 4.69) is 33.7 Å². The number of hydrogen-bond acceptors (Lipinski definition) is 3. The van der Waals surface area contributed by atoms with Crippen molar-refractivity contribution >= 4 is 11.6 Å². The maximum atomic E-state index is 5.29. The summed E-state index contributed by atoms with van der Waals surface area (Å²) in [5.41, 5.74) is 2.05. The van der Waals surface area contributed by atoms with Crippen molar-refractivity contribution in [3.63, 3.8) is 0 Å². The third kappa shape index (κ3) is 5.04. The third-order valence-electron chi connectivity index (χ3n) is 3.14. The fraction of sp³-hybridized carbons (Fsp3) is 0.500. The minimum absolute atomic E-state index is 0.652. The minimum Gasteiger partial charge on any atom is -0.380 e. The second kappa shape index (κ2) is 9.04. The summed E-state index contributed by atoms with van der Waals surface area (Å²) in [6, 6.07) is 6.01. The zero-order chi connectivity index (χ0) is 15.6. The second-order valence-electron chi connectivity index (χ2n) is 4.83. The normalized spacial score (nSPS) is 11.8. The summed E-state index contributed by atoms with van der Waals surface area (Å²) in [6.07, 6.45) is 4.94. The molecule has 2 rings (SSSR count). The monoisotopic (exact) mass is 303 g/mol. The molecule has 0 radical (unpaired) electrons. The number of hydrogen-bond donors (Lipinski definition) is 2. The fourth-order valence-electron chi connectivity index (χ4n) is 2.12. The lowest BCUT2D eigenvalue weighted by Gasteiger charge is -2.10. The van der Waals surface area contributed by atoms with Crippen LogP contribution in [0.15, 0.2) is 35.6 Å². The first-order chi connectivity index (χ1) is 10.8. The quantitative estimate of drug-likeness (QED) is 0.440. The molecule has 0 saturated carbocycles. The van der Waals surface area contributed by atoms with Gasteiger partial charge in [0.1, 0.15) is 5.65 Å². The van der Waals surface area contributed by atoms with Crippen LogP contribution in [0.25, 0.3) is 5.65 Å². The summed E-state index contributed by atoms with van der Waals surface area (Å²) in [6.45, 7) is 7.73. The molecule has 0 aliphatic heterocycles. The Hall–Kier alpha value is -2.08. The maximum Gasteiger partial charge on any atom is 0.191 e. The van der Waals surface area contributed by atoms with Crippen LogP contribution in [0, 0.1) is 0 Å². The van der Waals surface area contributed by atoms with E-state index in [1.54, 1.807) is 0 Å². The second-order valence-corrected chi connectivity index (χ2v) is 4.83. The topological polar surface area (TPSA) is 63.0 Å². The minimum atomic E-state index is 0.652. The smallest absolute Gasteiger partial charge is 0.191 e. The van der Waals surface area contributed by atoms with Crippen LogP contribution in [0.2, 0.25) is 0 Å². The number of rotatable bonds is 8. The molecule has 0 spiro atoms. The number of imidazole rings is 1. The molecule has 0 aliphatic rings. The average Bonchev–Trinajstić information content (AvgIpc) is 2.94. The Kier molecular flexibility index (Phi) is 6.70. The summed E-state index contributed by atoms with van der Waals surface area (Å²) in [4.78, 5) is 9.05. The molecule has 2 aromatic rings. The molecule has 0 aliphatic carbocycles. The van der Waals surface area contributed by atoms with Crippen molar-refractivity contribution in [2.45, 2.75) is 20.3 Å². The zero-order valence-corrected chi connectivity index (χ0v) is 13.4. The van der Waals surface area contributed by atoms with E-state index in [9.17, 15) is 0 Å². The van der Waals surface area contributed by atoms with E-state index in [1.807, 2.05) is 35.7 Å². The van der Waals surface area contributed by atoms with Gasteiger partial charge in [0.15, 0.2) is 5.96 Å². The van der Waals surface area contributed by atoms with Gasteiger partial charge in [-0.05, 0) is 26.0 Å². The molecular formula is C16H25N5O. The first kappa shape index (κ1) is 16.3. The van der Waals surface area contributed by atoms with Gasteiger partial charge in [-0.2, -0.15) is 0 Å². The molecule has 0 unspecified atom stereocenters. The van der Waals surface area contributed by atoms with Crippen LogP contribution in [0.1, 0.15) is 19.5 Å². The Balaban J connectivity index is 1.81. The van der Waals surface area contributed by atoms with Gasteiger partial charge in [0.25, 0.3) is 0 Å². The molecule has 0 saturated heterocycles. The number of aromatic nitrogens is 2. The van der Waals surface area contributed by atoms with Crippen LogP contribution in [0.4, 0.5) is 0 Å². The molecule has 22 heavy (non-hydrogen) atoms. The molecule has 0 bridgehead atoms. The predicted molar refractivity (Wildman–Crippen MR) is 89.4 cm³/mol. The van der Waals surface area contributed by atoms with E-state index in [4.69, 9.17) is 4.74 Å². The molecule has 2 aromatic heterocycles. The molecule has 0 aromatic carbocycles. The van der Waals surface area contributed by atoms with Crippen molar-refractivity contribution in [1.29, 1.82) is 0 Å². The lowest BCUT2D eigenvalue weighted by molar-refractivity contribution is 0.155. The lowest BCUT2D eigenvalue weighted by Crippen LogP contribution is -2.38. The first-order valence-corrected chi connectivity index (χ1v) is 7.86. The molecule has 2 heterocycles. The number of pyridine rings is 1. The van der Waals surface area contributed by atoms with Gasteiger partial charge in [-0.3, -0.25) is 4.99 Å². The summed E-state index contributed by atoms with van der Waals surface area (Å²) in [5.74, 6) is 0.825. The van der Waals surface area contributed by atoms with E-state index in [1.165, 1.54) is 0 Å². The highest BCUT2D eigenvalue weighted by atomic mass is 16.5. The Bertz CT molecular complexity index is 560. The van der Waals surface area contributed by atoms with Crippen molar-refractivity contribution in [2.24, 2.45) is 4.99 Å². The first-order valence-electron chi connectivity index (χ1n) is 7.86. The number of nitrogens with one attached hydrogen (secondary N) is 2. The van der Waals surface area contributed by atoms with Crippen molar-refractivity contribution < 1.29 is 4.74 Å². The van der Waals surface area contributed by atoms with Crippen molar-refractivity contribution in [1.82, 2.24) is 20.0 Å². The number of aliphatic imine (C=N–C) groups is 1. The van der Waals surface area contributed by atoms with Crippen molar-refractivity contribution in [2.75, 3.05) is 32.8 Å². The van der Waals surface area contributed by atoms with E-state index in [0.717, 1.165) is 43.4 Å². The van der Waals surface area contributed by atoms with Crippen LogP contribution in [0.5, 0.6) is 0 Å². The number of fused-ring (bicyclic) bond motifs is 1. The van der Waals surface area contributed by atoms with Gasteiger partial charge in [-0.15, -0.1) is 0 Å². The fourth-order valence-corrected chi connectivity index (χ4v) is 2.12. The highest BCUT2D eigenvalue weighted by molar-refractivity contribution is 5.79. The Morgan fingerprint density at radius 1 is 1.32 bits per heavy atom. The molecule has 2 N–H and O–H groups in total. The summed E-state index contributed by atoms with van der Waals surface area (Å²) in [7, 11) is 0. The largest absolute Gasteiger partial charge is 0.380 e. The van der Waals surface area contributed by atoms with Crippen LogP contribution in [-0.4, -0.2) is 48.2 Å². The zero-order valence-electron chi connectivity index (χ0n) is 13.4. The standard InChI is InChI=1S/C16H25N5O/c1-3-17-16(19-10-12-22-4-2)18-9-8-14-13-21-11-6-5-7-15(21)20-14/h5-7,11,13H,3-4,8-10,12H2,1-2H3,(H2,17,18,19). The maximum absolute atomic E-state index is 5.29. The van der Waals surface area contributed by atoms with Gasteiger partial charge in [-0.1, -0.05) is 6.07 Å². The lowest BCUT2D eigenvalue weighted by atomic mass is 10.3. The van der Waals surface area contributed by atoms with Crippen molar-refractivity contribution in [3.8, 4) is 0 Å². The van der Waals surface area contributed by atoms with E-state index >= 15 is 0 Å². The Morgan fingerprint density at radius 3 is 3.00 bits per heavy atom. The van der Waals surface area contributed by atoms with Gasteiger partial charge in [0, 0.05) is 38.5 Å². The predicted octanol–water partition coefficient (Wildman–Crippen LogP) is 1.47. The number of nitrogens with zero attached hydrogens (tertiary/aromatic N) is 3. The average molecular weight is 303 g/mol. The van der Waals surface area contributed by atoms with Gasteiger partial charge in [0.2, 0.25) is 0 Å². The van der Waals surface area contributed by atoms with Crippen LogP contribution < -0.4 is 10.6 Å². The molecule has 0 fully saturated rings. The van der Waals surface area contributed by atoms with Crippen LogP contribution in [0.3, 0.4) is 0 Å². The Labute approximate surface area is 131 Å². The molecule has 0 atom stereocenters. The number of ether oxygens (including phenoxy) is 1. The summed E-state index contributed by atoms with van der Waals surface area (Å²) >= 11 is 0. The molecule has 0 amide bonds. The SMILES string of the molecule is CCNC(=NCCOCC)NCCc1cn2ccccc2n1. The molecule has 120 valence electrons. The molecular weight excluding hydrogens is 278 g/mol. The highest BCUT2D eigenvalue weighted by Crippen LogP contribution is 2.04. The summed E-state index contributed by atoms with van der Waals surface area (Å²) < 4.78 is 7.33. The molecule has 6 heteroatoms. The van der Waals surface area contributed by atoms with E-state index in [-0.39, 0.29) is 0 Å². The van der Waals surface area contributed by atoms with Gasteiger partial charge < -0.3 is 19.8 Å². The van der Waals surface area contributed by atoms with Crippen LogP contribution >= 0.6 is 0 Å². The molecule has 6 nitrogen and oxygen atoms in total. The highest BCUT2D eigenvalue weighted by Gasteiger charge is 2.02.